The zero-order valence-electron chi connectivity index (χ0n) is 11.5. The second-order valence-electron chi connectivity index (χ2n) is 5.20. The van der Waals surface area contributed by atoms with E-state index in [0.29, 0.717) is 25.1 Å². The summed E-state index contributed by atoms with van der Waals surface area (Å²) in [6.45, 7) is 1.99. The number of carbonyl (C=O) groups excluding carboxylic acids is 1. The highest BCUT2D eigenvalue weighted by Crippen LogP contribution is 2.31. The molecule has 20 heavy (non-hydrogen) atoms. The lowest BCUT2D eigenvalue weighted by molar-refractivity contribution is -0.147. The second kappa shape index (κ2) is 5.03. The average molecular weight is 278 g/mol. The molecule has 6 nitrogen and oxygen atoms in total. The van der Waals surface area contributed by atoms with E-state index < -0.39 is 11.5 Å². The molecule has 1 aliphatic rings. The summed E-state index contributed by atoms with van der Waals surface area (Å²) in [7, 11) is 1.57. The normalized spacial score (nSPS) is 21.8. The molecule has 1 aromatic rings. The molecule has 108 valence electrons. The lowest BCUT2D eigenvalue weighted by atomic mass is 10.00. The molecule has 2 N–H and O–H groups in total. The first kappa shape index (κ1) is 14.2. The van der Waals surface area contributed by atoms with Crippen molar-refractivity contribution in [2.45, 2.75) is 25.3 Å². The van der Waals surface area contributed by atoms with Crippen molar-refractivity contribution in [1.29, 1.82) is 0 Å². The van der Waals surface area contributed by atoms with E-state index in [-0.39, 0.29) is 11.8 Å². The van der Waals surface area contributed by atoms with Gasteiger partial charge >= 0.3 is 12.0 Å². The first-order valence-electron chi connectivity index (χ1n) is 6.44. The van der Waals surface area contributed by atoms with Crippen molar-refractivity contribution >= 4 is 17.7 Å². The lowest BCUT2D eigenvalue weighted by Crippen LogP contribution is -2.54. The standard InChI is InChI=1S/C14H18N2O4/c1-14(12(18)19)7-4-8-16(14)13(20)15(2)10-5-3-6-11(17)9-10/h3,5-6,9,17H,4,7-8H2,1-2H3,(H,18,19). The number of anilines is 1. The predicted octanol–water partition coefficient (Wildman–Crippen LogP) is 1.89. The number of amides is 2. The average Bonchev–Trinajstić information content (AvgIpc) is 2.80. The zero-order valence-corrected chi connectivity index (χ0v) is 11.5. The van der Waals surface area contributed by atoms with Gasteiger partial charge in [-0.3, -0.25) is 4.90 Å². The minimum Gasteiger partial charge on any atom is -0.508 e. The van der Waals surface area contributed by atoms with Gasteiger partial charge in [0.15, 0.2) is 0 Å². The summed E-state index contributed by atoms with van der Waals surface area (Å²) in [4.78, 5) is 26.6. The molecule has 0 aliphatic carbocycles. The Kier molecular flexibility index (Phi) is 3.57. The number of nitrogens with zero attached hydrogens (tertiary/aromatic N) is 2. The highest BCUT2D eigenvalue weighted by molar-refractivity contribution is 5.95. The third-order valence-corrected chi connectivity index (χ3v) is 3.84. The number of carbonyl (C=O) groups is 2. The monoisotopic (exact) mass is 278 g/mol. The number of carboxylic acids is 1. The van der Waals surface area contributed by atoms with Gasteiger partial charge in [0.25, 0.3) is 0 Å². The Morgan fingerprint density at radius 2 is 2.10 bits per heavy atom. The van der Waals surface area contributed by atoms with Gasteiger partial charge in [-0.1, -0.05) is 6.07 Å². The summed E-state index contributed by atoms with van der Waals surface area (Å²) < 4.78 is 0. The number of phenols is 1. The number of benzene rings is 1. The maximum Gasteiger partial charge on any atom is 0.329 e. The van der Waals surface area contributed by atoms with Crippen molar-refractivity contribution in [2.24, 2.45) is 0 Å². The molecule has 0 saturated carbocycles. The quantitative estimate of drug-likeness (QED) is 0.865. The Bertz CT molecular complexity index is 546. The van der Waals surface area contributed by atoms with Crippen LogP contribution in [0.4, 0.5) is 10.5 Å². The number of rotatable bonds is 2. The van der Waals surface area contributed by atoms with E-state index >= 15 is 0 Å². The molecule has 2 rings (SSSR count). The van der Waals surface area contributed by atoms with Crippen LogP contribution in [0.2, 0.25) is 0 Å². The van der Waals surface area contributed by atoms with Crippen molar-refractivity contribution in [3.05, 3.63) is 24.3 Å². The summed E-state index contributed by atoms with van der Waals surface area (Å²) in [6, 6.07) is 5.92. The largest absolute Gasteiger partial charge is 0.508 e. The fourth-order valence-corrected chi connectivity index (χ4v) is 2.49. The highest BCUT2D eigenvalue weighted by Gasteiger charge is 2.46. The summed E-state index contributed by atoms with van der Waals surface area (Å²) in [6.07, 6.45) is 1.12. The van der Waals surface area contributed by atoms with E-state index in [2.05, 4.69) is 0 Å². The maximum atomic E-state index is 12.5. The van der Waals surface area contributed by atoms with Gasteiger partial charge in [-0.2, -0.15) is 0 Å². The minimum atomic E-state index is -1.16. The fraction of sp³-hybridized carbons (Fsp3) is 0.429. The van der Waals surface area contributed by atoms with E-state index in [0.717, 1.165) is 0 Å². The predicted molar refractivity (Wildman–Crippen MR) is 73.9 cm³/mol. The van der Waals surface area contributed by atoms with Crippen molar-refractivity contribution < 1.29 is 19.8 Å². The van der Waals surface area contributed by atoms with Crippen LogP contribution in [0.3, 0.4) is 0 Å². The van der Waals surface area contributed by atoms with Crippen LogP contribution in [-0.2, 0) is 4.79 Å². The van der Waals surface area contributed by atoms with Crippen LogP contribution in [0, 0.1) is 0 Å². The van der Waals surface area contributed by atoms with Crippen LogP contribution in [0.15, 0.2) is 24.3 Å². The molecule has 1 unspecified atom stereocenters. The van der Waals surface area contributed by atoms with Gasteiger partial charge < -0.3 is 15.1 Å². The number of aliphatic carboxylic acids is 1. The minimum absolute atomic E-state index is 0.0598. The van der Waals surface area contributed by atoms with Crippen molar-refractivity contribution in [3.63, 3.8) is 0 Å². The van der Waals surface area contributed by atoms with Gasteiger partial charge in [-0.15, -0.1) is 0 Å². The second-order valence-corrected chi connectivity index (χ2v) is 5.20. The third-order valence-electron chi connectivity index (χ3n) is 3.84. The van der Waals surface area contributed by atoms with Gasteiger partial charge in [-0.25, -0.2) is 9.59 Å². The number of urea groups is 1. The summed E-state index contributed by atoms with van der Waals surface area (Å²) in [5.41, 5.74) is -0.642. The third kappa shape index (κ3) is 2.29. The summed E-state index contributed by atoms with van der Waals surface area (Å²) >= 11 is 0. The van der Waals surface area contributed by atoms with Crippen LogP contribution >= 0.6 is 0 Å². The van der Waals surface area contributed by atoms with Crippen LogP contribution in [0.25, 0.3) is 0 Å². The number of phenolic OH excluding ortho intramolecular Hbond substituents is 1. The number of hydrogen-bond donors (Lipinski definition) is 2. The molecule has 0 bridgehead atoms. The molecule has 0 aromatic heterocycles. The van der Waals surface area contributed by atoms with E-state index in [1.807, 2.05) is 0 Å². The van der Waals surface area contributed by atoms with E-state index in [9.17, 15) is 19.8 Å². The van der Waals surface area contributed by atoms with Crippen molar-refractivity contribution in [3.8, 4) is 5.75 Å². The van der Waals surface area contributed by atoms with E-state index in [1.165, 1.54) is 21.9 Å². The molecule has 1 heterocycles. The molecule has 0 radical (unpaired) electrons. The van der Waals surface area contributed by atoms with Gasteiger partial charge in [0.2, 0.25) is 0 Å². The fourth-order valence-electron chi connectivity index (χ4n) is 2.49. The Labute approximate surface area is 117 Å². The smallest absolute Gasteiger partial charge is 0.329 e. The molecule has 1 fully saturated rings. The molecular formula is C14H18N2O4. The van der Waals surface area contributed by atoms with Gasteiger partial charge in [0.1, 0.15) is 11.3 Å². The number of hydrogen-bond acceptors (Lipinski definition) is 3. The van der Waals surface area contributed by atoms with E-state index in [1.54, 1.807) is 26.1 Å². The van der Waals surface area contributed by atoms with E-state index in [4.69, 9.17) is 0 Å². The molecule has 1 aromatic carbocycles. The van der Waals surface area contributed by atoms with Gasteiger partial charge in [-0.05, 0) is 31.9 Å². The SMILES string of the molecule is CN(C(=O)N1CCCC1(C)C(=O)O)c1cccc(O)c1. The Morgan fingerprint density at radius 1 is 1.40 bits per heavy atom. The van der Waals surface area contributed by atoms with Crippen molar-refractivity contribution in [1.82, 2.24) is 4.90 Å². The molecule has 1 saturated heterocycles. The highest BCUT2D eigenvalue weighted by atomic mass is 16.4. The van der Waals surface area contributed by atoms with Crippen LogP contribution < -0.4 is 4.90 Å². The first-order chi connectivity index (χ1) is 9.36. The van der Waals surface area contributed by atoms with Crippen molar-refractivity contribution in [2.75, 3.05) is 18.5 Å². The molecule has 1 atom stereocenters. The zero-order chi connectivity index (χ0) is 14.9. The number of likely N-dealkylation sites (tertiary alicyclic amines) is 1. The Hall–Kier alpha value is -2.24. The molecular weight excluding hydrogens is 260 g/mol. The summed E-state index contributed by atoms with van der Waals surface area (Å²) in [5.74, 6) is -0.933. The number of aromatic hydroxyl groups is 1. The van der Waals surface area contributed by atoms with Gasteiger partial charge in [0, 0.05) is 25.3 Å². The first-order valence-corrected chi connectivity index (χ1v) is 6.44. The van der Waals surface area contributed by atoms with Crippen LogP contribution in [0.5, 0.6) is 5.75 Å². The van der Waals surface area contributed by atoms with Crippen LogP contribution in [-0.4, -0.2) is 46.2 Å². The number of carboxylic acid groups (broad SMARTS) is 1. The molecule has 6 heteroatoms. The maximum absolute atomic E-state index is 12.5. The summed E-state index contributed by atoms with van der Waals surface area (Å²) in [5, 5.41) is 18.8. The molecule has 2 amide bonds. The Balaban J connectivity index is 2.25. The lowest BCUT2D eigenvalue weighted by Gasteiger charge is -2.34. The molecule has 0 spiro atoms. The Morgan fingerprint density at radius 3 is 2.70 bits per heavy atom. The topological polar surface area (TPSA) is 81.1 Å². The van der Waals surface area contributed by atoms with Crippen LogP contribution in [0.1, 0.15) is 19.8 Å². The van der Waals surface area contributed by atoms with Gasteiger partial charge in [0.05, 0.1) is 0 Å². The molecule has 1 aliphatic heterocycles.